The minimum atomic E-state index is -0.984. The predicted octanol–water partition coefficient (Wildman–Crippen LogP) is 3.22. The molecule has 1 unspecified atom stereocenters. The number of carboxylic acid groups (broad SMARTS) is 1. The van der Waals surface area contributed by atoms with Crippen LogP contribution >= 0.6 is 11.6 Å². The lowest BCUT2D eigenvalue weighted by Crippen LogP contribution is -2.31. The van der Waals surface area contributed by atoms with Crippen molar-refractivity contribution >= 4 is 23.5 Å². The van der Waals surface area contributed by atoms with Gasteiger partial charge in [-0.1, -0.05) is 35.9 Å². The summed E-state index contributed by atoms with van der Waals surface area (Å²) in [6.07, 6.45) is -0.0396. The van der Waals surface area contributed by atoms with Gasteiger partial charge in [0.2, 0.25) is 5.91 Å². The molecule has 0 aliphatic heterocycles. The van der Waals surface area contributed by atoms with Crippen molar-refractivity contribution in [1.82, 2.24) is 5.32 Å². The molecule has 0 spiro atoms. The number of hydrogen-bond acceptors (Lipinski definition) is 3. The van der Waals surface area contributed by atoms with Crippen molar-refractivity contribution in [3.05, 3.63) is 64.7 Å². The van der Waals surface area contributed by atoms with Gasteiger partial charge in [0.15, 0.2) is 0 Å². The molecule has 0 saturated heterocycles. The maximum atomic E-state index is 12.2. The van der Waals surface area contributed by atoms with Gasteiger partial charge in [-0.25, -0.2) is 0 Å². The Balaban J connectivity index is 2.08. The molecule has 0 aromatic heterocycles. The Hall–Kier alpha value is -2.53. The highest BCUT2D eigenvalue weighted by molar-refractivity contribution is 6.30. The third-order valence-electron chi connectivity index (χ3n) is 3.51. The third-order valence-corrected chi connectivity index (χ3v) is 3.76. The number of hydrogen-bond donors (Lipinski definition) is 2. The lowest BCUT2D eigenvalue weighted by molar-refractivity contribution is -0.137. The third kappa shape index (κ3) is 5.28. The number of rotatable bonds is 7. The van der Waals surface area contributed by atoms with Crippen LogP contribution in [0.1, 0.15) is 23.6 Å². The van der Waals surface area contributed by atoms with E-state index in [2.05, 4.69) is 5.32 Å². The molecule has 5 nitrogen and oxygen atoms in total. The number of aliphatic carboxylic acids is 1. The zero-order chi connectivity index (χ0) is 17.5. The van der Waals surface area contributed by atoms with Crippen LogP contribution in [0.5, 0.6) is 5.75 Å². The van der Waals surface area contributed by atoms with Gasteiger partial charge in [-0.15, -0.1) is 0 Å². The first kappa shape index (κ1) is 17.8. The second kappa shape index (κ2) is 8.36. The quantitative estimate of drug-likeness (QED) is 0.806. The van der Waals surface area contributed by atoms with Crippen molar-refractivity contribution in [2.24, 2.45) is 0 Å². The number of carbonyl (C=O) groups is 2. The maximum Gasteiger partial charge on any atom is 0.305 e. The lowest BCUT2D eigenvalue weighted by atomic mass is 10.0. The van der Waals surface area contributed by atoms with Crippen LogP contribution in [0, 0.1) is 0 Å². The minimum absolute atomic E-state index is 0.156. The van der Waals surface area contributed by atoms with E-state index in [4.69, 9.17) is 21.4 Å². The summed E-state index contributed by atoms with van der Waals surface area (Å²) >= 11 is 5.82. The van der Waals surface area contributed by atoms with Crippen molar-refractivity contribution in [2.75, 3.05) is 7.11 Å². The van der Waals surface area contributed by atoms with Crippen LogP contribution in [0.3, 0.4) is 0 Å². The Labute approximate surface area is 145 Å². The minimum Gasteiger partial charge on any atom is -0.497 e. The topological polar surface area (TPSA) is 75.6 Å². The van der Waals surface area contributed by atoms with E-state index in [-0.39, 0.29) is 18.7 Å². The molecule has 0 bridgehead atoms. The van der Waals surface area contributed by atoms with Gasteiger partial charge in [0.25, 0.3) is 0 Å². The van der Waals surface area contributed by atoms with Crippen LogP contribution in [-0.4, -0.2) is 24.1 Å². The van der Waals surface area contributed by atoms with Gasteiger partial charge in [-0.2, -0.15) is 0 Å². The van der Waals surface area contributed by atoms with Gasteiger partial charge in [-0.3, -0.25) is 9.59 Å². The maximum absolute atomic E-state index is 12.2. The second-order valence-corrected chi connectivity index (χ2v) is 5.73. The fourth-order valence-corrected chi connectivity index (χ4v) is 2.42. The molecule has 2 aromatic carbocycles. The van der Waals surface area contributed by atoms with E-state index < -0.39 is 12.0 Å². The van der Waals surface area contributed by atoms with Crippen molar-refractivity contribution in [3.63, 3.8) is 0 Å². The van der Waals surface area contributed by atoms with E-state index in [0.717, 1.165) is 5.56 Å². The standard InChI is InChI=1S/C18H18ClNO4/c1-24-15-8-4-13(5-9-15)16(11-18(22)23)20-17(21)10-12-2-6-14(19)7-3-12/h2-9,16H,10-11H2,1H3,(H,20,21)(H,22,23). The normalized spacial score (nSPS) is 11.6. The SMILES string of the molecule is COc1ccc(C(CC(=O)O)NC(=O)Cc2ccc(Cl)cc2)cc1. The molecule has 6 heteroatoms. The van der Waals surface area contributed by atoms with Crippen LogP contribution in [-0.2, 0) is 16.0 Å². The number of halogens is 1. The molecule has 0 fully saturated rings. The summed E-state index contributed by atoms with van der Waals surface area (Å²) < 4.78 is 5.09. The molecule has 2 N–H and O–H groups in total. The van der Waals surface area contributed by atoms with Crippen LogP contribution in [0.2, 0.25) is 5.02 Å². The Bertz CT molecular complexity index is 698. The fourth-order valence-electron chi connectivity index (χ4n) is 2.30. The summed E-state index contributed by atoms with van der Waals surface area (Å²) in [5.41, 5.74) is 1.52. The summed E-state index contributed by atoms with van der Waals surface area (Å²) in [5.74, 6) is -0.567. The van der Waals surface area contributed by atoms with Gasteiger partial charge in [0.05, 0.1) is 26.0 Å². The largest absolute Gasteiger partial charge is 0.497 e. The smallest absolute Gasteiger partial charge is 0.305 e. The van der Waals surface area contributed by atoms with E-state index >= 15 is 0 Å². The highest BCUT2D eigenvalue weighted by Crippen LogP contribution is 2.21. The van der Waals surface area contributed by atoms with E-state index in [0.29, 0.717) is 16.3 Å². The van der Waals surface area contributed by atoms with Gasteiger partial charge in [0.1, 0.15) is 5.75 Å². The average molecular weight is 348 g/mol. The Morgan fingerprint density at radius 3 is 2.29 bits per heavy atom. The van der Waals surface area contributed by atoms with Gasteiger partial charge >= 0.3 is 5.97 Å². The molecule has 0 aliphatic carbocycles. The Morgan fingerprint density at radius 1 is 1.12 bits per heavy atom. The first-order valence-electron chi connectivity index (χ1n) is 7.37. The van der Waals surface area contributed by atoms with E-state index in [1.165, 1.54) is 0 Å². The Morgan fingerprint density at radius 2 is 1.75 bits per heavy atom. The fraction of sp³-hybridized carbons (Fsp3) is 0.222. The second-order valence-electron chi connectivity index (χ2n) is 5.29. The van der Waals surface area contributed by atoms with Gasteiger partial charge < -0.3 is 15.2 Å². The first-order valence-corrected chi connectivity index (χ1v) is 7.75. The van der Waals surface area contributed by atoms with Crippen molar-refractivity contribution in [1.29, 1.82) is 0 Å². The van der Waals surface area contributed by atoms with Gasteiger partial charge in [0, 0.05) is 5.02 Å². The molecule has 24 heavy (non-hydrogen) atoms. The summed E-state index contributed by atoms with van der Waals surface area (Å²) in [5, 5.41) is 12.5. The van der Waals surface area contributed by atoms with Crippen molar-refractivity contribution in [2.45, 2.75) is 18.9 Å². The van der Waals surface area contributed by atoms with E-state index in [9.17, 15) is 9.59 Å². The number of carboxylic acids is 1. The van der Waals surface area contributed by atoms with Crippen LogP contribution in [0.15, 0.2) is 48.5 Å². The molecule has 1 atom stereocenters. The summed E-state index contributed by atoms with van der Waals surface area (Å²) in [7, 11) is 1.55. The number of benzene rings is 2. The first-order chi connectivity index (χ1) is 11.5. The lowest BCUT2D eigenvalue weighted by Gasteiger charge is -2.18. The molecule has 2 rings (SSSR count). The summed E-state index contributed by atoms with van der Waals surface area (Å²) in [6, 6.07) is 13.3. The molecular weight excluding hydrogens is 330 g/mol. The number of amides is 1. The van der Waals surface area contributed by atoms with E-state index in [1.54, 1.807) is 55.6 Å². The zero-order valence-corrected chi connectivity index (χ0v) is 13.9. The molecular formula is C18H18ClNO4. The predicted molar refractivity (Wildman–Crippen MR) is 91.3 cm³/mol. The molecule has 0 heterocycles. The highest BCUT2D eigenvalue weighted by Gasteiger charge is 2.18. The summed E-state index contributed by atoms with van der Waals surface area (Å²) in [4.78, 5) is 23.3. The van der Waals surface area contributed by atoms with Gasteiger partial charge in [-0.05, 0) is 35.4 Å². The molecule has 0 aliphatic rings. The average Bonchev–Trinajstić information content (AvgIpc) is 2.56. The van der Waals surface area contributed by atoms with Crippen LogP contribution < -0.4 is 10.1 Å². The van der Waals surface area contributed by atoms with E-state index in [1.807, 2.05) is 0 Å². The molecule has 1 amide bonds. The highest BCUT2D eigenvalue weighted by atomic mass is 35.5. The van der Waals surface area contributed by atoms with Crippen molar-refractivity contribution in [3.8, 4) is 5.75 Å². The molecule has 0 saturated carbocycles. The zero-order valence-electron chi connectivity index (χ0n) is 13.2. The number of nitrogens with one attached hydrogen (secondary N) is 1. The molecule has 126 valence electrons. The number of ether oxygens (including phenoxy) is 1. The Kier molecular flexibility index (Phi) is 6.21. The number of carbonyl (C=O) groups excluding carboxylic acids is 1. The van der Waals surface area contributed by atoms with Crippen LogP contribution in [0.25, 0.3) is 0 Å². The van der Waals surface area contributed by atoms with Crippen LogP contribution in [0.4, 0.5) is 0 Å². The number of methoxy groups -OCH3 is 1. The molecule has 2 aromatic rings. The van der Waals surface area contributed by atoms with Crippen molar-refractivity contribution < 1.29 is 19.4 Å². The monoisotopic (exact) mass is 347 g/mol. The molecule has 0 radical (unpaired) electrons. The summed E-state index contributed by atoms with van der Waals surface area (Å²) in [6.45, 7) is 0.